The molecule has 0 saturated carbocycles. The number of nitrogens with one attached hydrogen (secondary N) is 2. The number of carbonyl (C=O) groups excluding carboxylic acids is 1. The average molecular weight is 494 g/mol. The van der Waals surface area contributed by atoms with Crippen LogP contribution in [-0.2, 0) is 16.4 Å². The summed E-state index contributed by atoms with van der Waals surface area (Å²) in [6.07, 6.45) is 0.622. The van der Waals surface area contributed by atoms with E-state index in [1.54, 1.807) is 36.4 Å². The van der Waals surface area contributed by atoms with Gasteiger partial charge in [0.25, 0.3) is 15.9 Å². The van der Waals surface area contributed by atoms with E-state index in [-0.39, 0.29) is 15.5 Å². The third-order valence-corrected chi connectivity index (χ3v) is 7.90. The summed E-state index contributed by atoms with van der Waals surface area (Å²) in [5, 5.41) is 9.75. The molecule has 8 nitrogen and oxygen atoms in total. The molecule has 0 fully saturated rings. The lowest BCUT2D eigenvalue weighted by molar-refractivity contribution is 0.102. The van der Waals surface area contributed by atoms with E-state index in [0.717, 1.165) is 11.1 Å². The number of para-hydroxylation sites is 1. The van der Waals surface area contributed by atoms with Crippen LogP contribution in [0.2, 0.25) is 5.02 Å². The Labute approximate surface area is 201 Å². The summed E-state index contributed by atoms with van der Waals surface area (Å²) in [6.45, 7) is 2.14. The van der Waals surface area contributed by atoms with E-state index < -0.39 is 15.9 Å². The summed E-state index contributed by atoms with van der Waals surface area (Å²) in [5.74, 6) is 0.820. The molecule has 1 aliphatic heterocycles. The van der Waals surface area contributed by atoms with Crippen LogP contribution in [0, 0.1) is 6.92 Å². The van der Waals surface area contributed by atoms with Crippen molar-refractivity contribution in [3.05, 3.63) is 88.7 Å². The maximum atomic E-state index is 13.4. The molecule has 0 aliphatic carbocycles. The van der Waals surface area contributed by atoms with E-state index in [4.69, 9.17) is 11.6 Å². The number of benzene rings is 3. The van der Waals surface area contributed by atoms with Crippen molar-refractivity contribution in [3.63, 3.8) is 0 Å². The number of carbonyl (C=O) groups is 1. The number of aryl methyl sites for hydroxylation is 1. The van der Waals surface area contributed by atoms with Crippen molar-refractivity contribution < 1.29 is 13.2 Å². The summed E-state index contributed by atoms with van der Waals surface area (Å²) in [6, 6.07) is 18.7. The topological polar surface area (TPSA) is 108 Å². The lowest BCUT2D eigenvalue weighted by Crippen LogP contribution is -2.29. The van der Waals surface area contributed by atoms with Crippen molar-refractivity contribution in [2.24, 2.45) is 0 Å². The number of hydrogen-bond acceptors (Lipinski definition) is 5. The van der Waals surface area contributed by atoms with Crippen LogP contribution < -0.4 is 9.62 Å². The zero-order valence-corrected chi connectivity index (χ0v) is 19.7. The van der Waals surface area contributed by atoms with Gasteiger partial charge in [-0.2, -0.15) is 5.10 Å². The van der Waals surface area contributed by atoms with Gasteiger partial charge in [0.2, 0.25) is 0 Å². The first-order valence-corrected chi connectivity index (χ1v) is 12.4. The molecule has 1 aliphatic rings. The third kappa shape index (κ3) is 4.04. The first-order chi connectivity index (χ1) is 16.3. The van der Waals surface area contributed by atoms with Crippen LogP contribution >= 0.6 is 11.6 Å². The van der Waals surface area contributed by atoms with Crippen molar-refractivity contribution in [3.8, 4) is 11.4 Å². The number of amides is 1. The number of nitrogens with zero attached hydrogens (tertiary/aromatic N) is 3. The summed E-state index contributed by atoms with van der Waals surface area (Å²) >= 11 is 6.28. The zero-order chi connectivity index (χ0) is 23.9. The molecule has 34 heavy (non-hydrogen) atoms. The number of fused-ring (bicyclic) bond motifs is 1. The van der Waals surface area contributed by atoms with Crippen LogP contribution in [0.15, 0.2) is 71.6 Å². The molecular formula is C24H20ClN5O3S. The Kier molecular flexibility index (Phi) is 5.59. The van der Waals surface area contributed by atoms with E-state index in [9.17, 15) is 13.2 Å². The second-order valence-corrected chi connectivity index (χ2v) is 10.1. The molecule has 0 bridgehead atoms. The minimum Gasteiger partial charge on any atom is -0.322 e. The van der Waals surface area contributed by atoms with Gasteiger partial charge in [-0.3, -0.25) is 14.2 Å². The van der Waals surface area contributed by atoms with Crippen molar-refractivity contribution >= 4 is 38.9 Å². The Balaban J connectivity index is 1.39. The molecule has 2 N–H and O–H groups in total. The fourth-order valence-electron chi connectivity index (χ4n) is 3.90. The molecule has 172 valence electrons. The molecule has 0 unspecified atom stereocenters. The van der Waals surface area contributed by atoms with E-state index in [1.165, 1.54) is 22.5 Å². The normalized spacial score (nSPS) is 13.1. The monoisotopic (exact) mass is 493 g/mol. The number of hydrogen-bond donors (Lipinski definition) is 2. The fourth-order valence-corrected chi connectivity index (χ4v) is 5.90. The number of aromatic nitrogens is 3. The molecule has 10 heteroatoms. The Morgan fingerprint density at radius 1 is 1.09 bits per heavy atom. The first kappa shape index (κ1) is 22.1. The van der Waals surface area contributed by atoms with Gasteiger partial charge in [-0.15, -0.1) is 0 Å². The van der Waals surface area contributed by atoms with Crippen molar-refractivity contribution in [2.45, 2.75) is 18.2 Å². The van der Waals surface area contributed by atoms with Gasteiger partial charge >= 0.3 is 0 Å². The van der Waals surface area contributed by atoms with Gasteiger partial charge in [-0.25, -0.2) is 13.4 Å². The van der Waals surface area contributed by atoms with Gasteiger partial charge in [-0.1, -0.05) is 29.8 Å². The van der Waals surface area contributed by atoms with Gasteiger partial charge in [0.1, 0.15) is 10.7 Å². The molecule has 5 rings (SSSR count). The molecule has 0 radical (unpaired) electrons. The van der Waals surface area contributed by atoms with Crippen LogP contribution in [-0.4, -0.2) is 36.1 Å². The molecule has 4 aromatic rings. The quantitative estimate of drug-likeness (QED) is 0.427. The number of sulfonamides is 1. The first-order valence-electron chi connectivity index (χ1n) is 10.5. The Bertz CT molecular complexity index is 1500. The number of aromatic amines is 1. The van der Waals surface area contributed by atoms with Gasteiger partial charge in [0.15, 0.2) is 5.82 Å². The second-order valence-electron chi connectivity index (χ2n) is 7.88. The summed E-state index contributed by atoms with van der Waals surface area (Å²) in [5.41, 5.74) is 3.13. The highest BCUT2D eigenvalue weighted by Crippen LogP contribution is 2.35. The third-order valence-electron chi connectivity index (χ3n) is 5.60. The zero-order valence-electron chi connectivity index (χ0n) is 18.1. The van der Waals surface area contributed by atoms with E-state index in [2.05, 4.69) is 20.5 Å². The van der Waals surface area contributed by atoms with Crippen LogP contribution in [0.25, 0.3) is 11.4 Å². The van der Waals surface area contributed by atoms with Gasteiger partial charge < -0.3 is 5.32 Å². The molecule has 1 aromatic heterocycles. The van der Waals surface area contributed by atoms with Crippen molar-refractivity contribution in [1.82, 2.24) is 15.2 Å². The van der Waals surface area contributed by atoms with Crippen LogP contribution in [0.3, 0.4) is 0 Å². The fraction of sp³-hybridized carbons (Fsp3) is 0.125. The van der Waals surface area contributed by atoms with Gasteiger partial charge in [0.05, 0.1) is 10.7 Å². The Hall–Kier alpha value is -3.69. The number of anilines is 2. The minimum absolute atomic E-state index is 0.0621. The number of H-pyrrole nitrogens is 1. The Morgan fingerprint density at radius 3 is 2.59 bits per heavy atom. The average Bonchev–Trinajstić information content (AvgIpc) is 3.46. The second kappa shape index (κ2) is 8.58. The summed E-state index contributed by atoms with van der Waals surface area (Å²) in [4.78, 5) is 17.1. The minimum atomic E-state index is -3.94. The molecule has 0 atom stereocenters. The maximum absolute atomic E-state index is 13.4. The lowest BCUT2D eigenvalue weighted by Gasteiger charge is -2.20. The highest BCUT2D eigenvalue weighted by molar-refractivity contribution is 7.93. The smallest absolute Gasteiger partial charge is 0.265 e. The maximum Gasteiger partial charge on any atom is 0.265 e. The highest BCUT2D eigenvalue weighted by atomic mass is 35.5. The van der Waals surface area contributed by atoms with E-state index in [0.29, 0.717) is 36.0 Å². The van der Waals surface area contributed by atoms with Gasteiger partial charge in [0, 0.05) is 23.4 Å². The van der Waals surface area contributed by atoms with Crippen LogP contribution in [0.1, 0.15) is 21.7 Å². The summed E-state index contributed by atoms with van der Waals surface area (Å²) < 4.78 is 28.2. The number of halogens is 1. The van der Waals surface area contributed by atoms with E-state index >= 15 is 0 Å². The Morgan fingerprint density at radius 2 is 1.85 bits per heavy atom. The largest absolute Gasteiger partial charge is 0.322 e. The van der Waals surface area contributed by atoms with Crippen molar-refractivity contribution in [1.29, 1.82) is 0 Å². The molecule has 3 aromatic carbocycles. The van der Waals surface area contributed by atoms with E-state index in [1.807, 2.05) is 19.1 Å². The van der Waals surface area contributed by atoms with Gasteiger partial charge in [-0.05, 0) is 67.4 Å². The summed E-state index contributed by atoms with van der Waals surface area (Å²) in [7, 11) is -3.94. The number of rotatable bonds is 5. The predicted octanol–water partition coefficient (Wildman–Crippen LogP) is 4.44. The highest BCUT2D eigenvalue weighted by Gasteiger charge is 2.32. The molecule has 2 heterocycles. The molecular weight excluding hydrogens is 474 g/mol. The predicted molar refractivity (Wildman–Crippen MR) is 131 cm³/mol. The lowest BCUT2D eigenvalue weighted by atomic mass is 10.1. The molecule has 0 saturated heterocycles. The van der Waals surface area contributed by atoms with Crippen molar-refractivity contribution in [2.75, 3.05) is 16.2 Å². The SMILES string of the molecule is Cc1nc(-c2ccc(NC(=O)c3ccc(Cl)c(S(=O)(=O)N4CCc5ccccc54)c3)cc2)n[nH]1. The molecule has 1 amide bonds. The standard InChI is InChI=1S/C24H20ClN5O3S/c1-15-26-23(29-28-15)17-6-9-19(10-7-17)27-24(31)18-8-11-20(25)22(14-18)34(32,33)30-13-12-16-4-2-3-5-21(16)30/h2-11,14H,12-13H2,1H3,(H,27,31)(H,26,28,29). The van der Waals surface area contributed by atoms with Crippen LogP contribution in [0.5, 0.6) is 0 Å². The molecule has 0 spiro atoms. The van der Waals surface area contributed by atoms with Crippen LogP contribution in [0.4, 0.5) is 11.4 Å².